The quantitative estimate of drug-likeness (QED) is 0.459. The molecule has 1 aliphatic rings. The van der Waals surface area contributed by atoms with Crippen LogP contribution in [-0.2, 0) is 9.53 Å². The van der Waals surface area contributed by atoms with Crippen molar-refractivity contribution >= 4 is 29.2 Å². The number of hydrogen-bond acceptors (Lipinski definition) is 6. The van der Waals surface area contributed by atoms with Gasteiger partial charge in [0.1, 0.15) is 6.04 Å². The summed E-state index contributed by atoms with van der Waals surface area (Å²) in [4.78, 5) is 49.2. The lowest BCUT2D eigenvalue weighted by atomic mass is 10.1. The van der Waals surface area contributed by atoms with Crippen LogP contribution in [0.15, 0.2) is 42.5 Å². The van der Waals surface area contributed by atoms with Gasteiger partial charge in [-0.05, 0) is 56.2 Å². The largest absolute Gasteiger partial charge is 0.465 e. The zero-order valence-corrected chi connectivity index (χ0v) is 16.6. The first kappa shape index (κ1) is 21.0. The lowest BCUT2D eigenvalue weighted by Gasteiger charge is -2.24. The number of nitro benzene ring substituents is 1. The Balaban J connectivity index is 1.72. The molecule has 2 aromatic carbocycles. The number of methoxy groups -OCH3 is 1. The number of nitro groups is 1. The van der Waals surface area contributed by atoms with Crippen LogP contribution >= 0.6 is 0 Å². The van der Waals surface area contributed by atoms with Gasteiger partial charge in [-0.3, -0.25) is 19.7 Å². The monoisotopic (exact) mass is 411 g/mol. The van der Waals surface area contributed by atoms with Crippen LogP contribution in [0.5, 0.6) is 0 Å². The Kier molecular flexibility index (Phi) is 6.10. The number of carbonyl (C=O) groups excluding carboxylic acids is 3. The zero-order valence-electron chi connectivity index (χ0n) is 16.6. The third-order valence-corrected chi connectivity index (χ3v) is 5.03. The minimum atomic E-state index is -0.645. The number of anilines is 1. The van der Waals surface area contributed by atoms with Crippen LogP contribution in [0.4, 0.5) is 11.4 Å². The number of amides is 2. The molecule has 2 amide bonds. The first-order valence-electron chi connectivity index (χ1n) is 9.37. The van der Waals surface area contributed by atoms with E-state index < -0.39 is 16.9 Å². The fourth-order valence-corrected chi connectivity index (χ4v) is 3.47. The summed E-state index contributed by atoms with van der Waals surface area (Å²) in [6.07, 6.45) is 1.20. The van der Waals surface area contributed by atoms with Crippen molar-refractivity contribution < 1.29 is 24.0 Å². The van der Waals surface area contributed by atoms with E-state index in [2.05, 4.69) is 10.1 Å². The molecule has 0 aliphatic carbocycles. The first-order chi connectivity index (χ1) is 14.3. The number of aryl methyl sites for hydroxylation is 1. The summed E-state index contributed by atoms with van der Waals surface area (Å²) >= 11 is 0. The number of nitrogens with zero attached hydrogens (tertiary/aromatic N) is 2. The second-order valence-electron chi connectivity index (χ2n) is 6.97. The van der Waals surface area contributed by atoms with Gasteiger partial charge < -0.3 is 15.0 Å². The third kappa shape index (κ3) is 4.29. The number of likely N-dealkylation sites (tertiary alicyclic amines) is 1. The van der Waals surface area contributed by atoms with Gasteiger partial charge in [0.15, 0.2) is 0 Å². The molecule has 0 spiro atoms. The van der Waals surface area contributed by atoms with Crippen LogP contribution in [0.25, 0.3) is 0 Å². The summed E-state index contributed by atoms with van der Waals surface area (Å²) < 4.78 is 4.64. The van der Waals surface area contributed by atoms with Gasteiger partial charge in [-0.1, -0.05) is 0 Å². The number of nitrogens with one attached hydrogen (secondary N) is 1. The third-order valence-electron chi connectivity index (χ3n) is 5.03. The molecule has 0 bridgehead atoms. The number of carbonyl (C=O) groups is 3. The van der Waals surface area contributed by atoms with Crippen molar-refractivity contribution in [3.05, 3.63) is 69.3 Å². The van der Waals surface area contributed by atoms with Crippen molar-refractivity contribution in [1.29, 1.82) is 0 Å². The molecule has 1 N–H and O–H groups in total. The molecule has 1 aliphatic heterocycles. The van der Waals surface area contributed by atoms with Crippen molar-refractivity contribution in [2.45, 2.75) is 25.8 Å². The fourth-order valence-electron chi connectivity index (χ4n) is 3.47. The predicted octanol–water partition coefficient (Wildman–Crippen LogP) is 2.93. The highest BCUT2D eigenvalue weighted by atomic mass is 16.6. The van der Waals surface area contributed by atoms with Crippen LogP contribution in [0.2, 0.25) is 0 Å². The Morgan fingerprint density at radius 2 is 1.80 bits per heavy atom. The Labute approximate surface area is 172 Å². The van der Waals surface area contributed by atoms with E-state index in [1.807, 2.05) is 0 Å². The molecule has 3 rings (SSSR count). The SMILES string of the molecule is COC(=O)c1ccc(NC(=O)C2CCCN2C(=O)c2ccc([N+](=O)[O-])c(C)c2)cc1. The van der Waals surface area contributed by atoms with Gasteiger partial charge in [-0.25, -0.2) is 4.79 Å². The molecule has 9 nitrogen and oxygen atoms in total. The van der Waals surface area contributed by atoms with Gasteiger partial charge in [0.2, 0.25) is 5.91 Å². The van der Waals surface area contributed by atoms with E-state index in [9.17, 15) is 24.5 Å². The molecule has 9 heteroatoms. The van der Waals surface area contributed by atoms with Gasteiger partial charge in [-0.2, -0.15) is 0 Å². The highest BCUT2D eigenvalue weighted by molar-refractivity contribution is 6.02. The number of rotatable bonds is 5. The van der Waals surface area contributed by atoms with Crippen molar-refractivity contribution in [2.75, 3.05) is 19.0 Å². The van der Waals surface area contributed by atoms with Crippen LogP contribution in [0.3, 0.4) is 0 Å². The average Bonchev–Trinajstić information content (AvgIpc) is 3.23. The fraction of sp³-hybridized carbons (Fsp3) is 0.286. The molecule has 1 saturated heterocycles. The minimum Gasteiger partial charge on any atom is -0.465 e. The summed E-state index contributed by atoms with van der Waals surface area (Å²) in [5, 5.41) is 13.7. The minimum absolute atomic E-state index is 0.0577. The summed E-state index contributed by atoms with van der Waals surface area (Å²) in [6, 6.07) is 9.79. The van der Waals surface area contributed by atoms with Crippen LogP contribution in [0.1, 0.15) is 39.1 Å². The molecular formula is C21H21N3O6. The number of ether oxygens (including phenoxy) is 1. The molecule has 30 heavy (non-hydrogen) atoms. The molecule has 0 saturated carbocycles. The maximum Gasteiger partial charge on any atom is 0.337 e. The molecule has 1 fully saturated rings. The van der Waals surface area contributed by atoms with Crippen LogP contribution in [0, 0.1) is 17.0 Å². The molecule has 1 heterocycles. The van der Waals surface area contributed by atoms with Crippen molar-refractivity contribution in [2.24, 2.45) is 0 Å². The topological polar surface area (TPSA) is 119 Å². The van der Waals surface area contributed by atoms with E-state index in [0.717, 1.165) is 0 Å². The second kappa shape index (κ2) is 8.73. The maximum atomic E-state index is 12.9. The Morgan fingerprint density at radius 3 is 2.40 bits per heavy atom. The number of benzene rings is 2. The van der Waals surface area contributed by atoms with Gasteiger partial charge in [-0.15, -0.1) is 0 Å². The predicted molar refractivity (Wildman–Crippen MR) is 108 cm³/mol. The Bertz CT molecular complexity index is 1000. The van der Waals surface area contributed by atoms with E-state index in [1.54, 1.807) is 31.2 Å². The molecule has 1 unspecified atom stereocenters. The summed E-state index contributed by atoms with van der Waals surface area (Å²) in [5.41, 5.74) is 1.49. The lowest BCUT2D eigenvalue weighted by Crippen LogP contribution is -2.43. The molecule has 2 aromatic rings. The van der Waals surface area contributed by atoms with Crippen LogP contribution < -0.4 is 5.32 Å². The van der Waals surface area contributed by atoms with Gasteiger partial charge in [0.05, 0.1) is 17.6 Å². The van der Waals surface area contributed by atoms with E-state index in [0.29, 0.717) is 41.8 Å². The molecule has 1 atom stereocenters. The van der Waals surface area contributed by atoms with E-state index in [-0.39, 0.29) is 17.5 Å². The van der Waals surface area contributed by atoms with E-state index in [1.165, 1.54) is 30.2 Å². The maximum absolute atomic E-state index is 12.9. The molecule has 0 radical (unpaired) electrons. The van der Waals surface area contributed by atoms with Crippen molar-refractivity contribution in [1.82, 2.24) is 4.90 Å². The number of esters is 1. The summed E-state index contributed by atoms with van der Waals surface area (Å²) in [7, 11) is 1.29. The van der Waals surface area contributed by atoms with E-state index in [4.69, 9.17) is 0 Å². The van der Waals surface area contributed by atoms with Crippen molar-refractivity contribution in [3.63, 3.8) is 0 Å². The molecule has 156 valence electrons. The highest BCUT2D eigenvalue weighted by Gasteiger charge is 2.35. The summed E-state index contributed by atoms with van der Waals surface area (Å²) in [5.74, 6) is -1.14. The smallest absolute Gasteiger partial charge is 0.337 e. The van der Waals surface area contributed by atoms with Gasteiger partial charge in [0, 0.05) is 29.4 Å². The first-order valence-corrected chi connectivity index (χ1v) is 9.37. The molecular weight excluding hydrogens is 390 g/mol. The molecule has 0 aromatic heterocycles. The summed E-state index contributed by atoms with van der Waals surface area (Å²) in [6.45, 7) is 2.00. The highest BCUT2D eigenvalue weighted by Crippen LogP contribution is 2.25. The standard InChI is InChI=1S/C21H21N3O6/c1-13-12-15(7-10-17(13)24(28)29)20(26)23-11-3-4-18(23)19(25)22-16-8-5-14(6-9-16)21(27)30-2/h5-10,12,18H,3-4,11H2,1-2H3,(H,22,25). The van der Waals surface area contributed by atoms with Crippen molar-refractivity contribution in [3.8, 4) is 0 Å². The Hall–Kier alpha value is -3.75. The van der Waals surface area contributed by atoms with Gasteiger partial charge >= 0.3 is 5.97 Å². The normalized spacial score (nSPS) is 15.5. The zero-order chi connectivity index (χ0) is 21.8. The van der Waals surface area contributed by atoms with E-state index >= 15 is 0 Å². The average molecular weight is 411 g/mol. The van der Waals surface area contributed by atoms with Crippen LogP contribution in [-0.4, -0.2) is 47.3 Å². The second-order valence-corrected chi connectivity index (χ2v) is 6.97. The van der Waals surface area contributed by atoms with Gasteiger partial charge in [0.25, 0.3) is 11.6 Å². The Morgan fingerprint density at radius 1 is 1.13 bits per heavy atom. The lowest BCUT2D eigenvalue weighted by molar-refractivity contribution is -0.385. The number of hydrogen-bond donors (Lipinski definition) is 1.